The van der Waals surface area contributed by atoms with Crippen molar-refractivity contribution in [1.82, 2.24) is 10.3 Å². The number of rotatable bonds is 6. The molecule has 26 heavy (non-hydrogen) atoms. The normalized spacial score (nSPS) is 10.8. The van der Waals surface area contributed by atoms with Gasteiger partial charge >= 0.3 is 0 Å². The molecule has 4 aromatic rings. The molecule has 0 unspecified atom stereocenters. The van der Waals surface area contributed by atoms with E-state index in [1.54, 1.807) is 0 Å². The van der Waals surface area contributed by atoms with Gasteiger partial charge in [-0.05, 0) is 61.1 Å². The van der Waals surface area contributed by atoms with Gasteiger partial charge in [0.1, 0.15) is 11.5 Å². The van der Waals surface area contributed by atoms with Gasteiger partial charge in [-0.1, -0.05) is 24.3 Å². The molecule has 0 saturated carbocycles. The van der Waals surface area contributed by atoms with E-state index in [0.717, 1.165) is 34.9 Å². The molecule has 1 heterocycles. The number of aromatic amines is 1. The molecule has 0 spiro atoms. The van der Waals surface area contributed by atoms with Crippen LogP contribution >= 0.6 is 0 Å². The molecule has 0 saturated heterocycles. The number of fused-ring (bicyclic) bond motifs is 1. The number of hydrogen-bond acceptors (Lipinski definition) is 3. The van der Waals surface area contributed by atoms with Crippen molar-refractivity contribution in [2.24, 2.45) is 0 Å². The molecule has 3 aromatic carbocycles. The smallest absolute Gasteiger partial charge is 0.127 e. The van der Waals surface area contributed by atoms with Crippen LogP contribution in [0.1, 0.15) is 5.56 Å². The predicted molar refractivity (Wildman–Crippen MR) is 107 cm³/mol. The van der Waals surface area contributed by atoms with Crippen LogP contribution < -0.4 is 15.4 Å². The zero-order valence-corrected chi connectivity index (χ0v) is 14.6. The summed E-state index contributed by atoms with van der Waals surface area (Å²) in [5.74, 6) is 1.65. The third-order valence-corrected chi connectivity index (χ3v) is 4.26. The van der Waals surface area contributed by atoms with Crippen LogP contribution in [0.4, 0.5) is 11.4 Å². The van der Waals surface area contributed by atoms with Crippen molar-refractivity contribution in [2.45, 2.75) is 6.54 Å². The predicted octanol–water partition coefficient (Wildman–Crippen LogP) is 5.42. The molecule has 1 aromatic heterocycles. The number of aromatic nitrogens is 1. The number of H-pyrrole nitrogens is 1. The van der Waals surface area contributed by atoms with Crippen molar-refractivity contribution in [2.75, 3.05) is 12.4 Å². The lowest BCUT2D eigenvalue weighted by atomic mass is 10.1. The van der Waals surface area contributed by atoms with Crippen LogP contribution in [0.5, 0.6) is 11.5 Å². The first-order valence-electron chi connectivity index (χ1n) is 8.66. The highest BCUT2D eigenvalue weighted by Gasteiger charge is 2.04. The molecule has 0 radical (unpaired) electrons. The molecule has 4 heteroatoms. The second-order valence-electron chi connectivity index (χ2n) is 6.17. The Morgan fingerprint density at radius 1 is 0.846 bits per heavy atom. The second kappa shape index (κ2) is 7.33. The first-order chi connectivity index (χ1) is 12.8. The SMILES string of the molecule is CNCc1c[nH]c2cc(Nc3ccc(Oc4ccccc4)cc3)ccc12. The topological polar surface area (TPSA) is 49.1 Å². The summed E-state index contributed by atoms with van der Waals surface area (Å²) in [7, 11) is 1.96. The first-order valence-corrected chi connectivity index (χ1v) is 8.66. The summed E-state index contributed by atoms with van der Waals surface area (Å²) < 4.78 is 5.83. The van der Waals surface area contributed by atoms with E-state index in [-0.39, 0.29) is 0 Å². The van der Waals surface area contributed by atoms with Gasteiger partial charge in [0.15, 0.2) is 0 Å². The van der Waals surface area contributed by atoms with Crippen LogP contribution in [0, 0.1) is 0 Å². The van der Waals surface area contributed by atoms with Crippen LogP contribution in [0.3, 0.4) is 0 Å². The number of para-hydroxylation sites is 1. The Morgan fingerprint density at radius 3 is 2.35 bits per heavy atom. The summed E-state index contributed by atoms with van der Waals surface area (Å²) in [6.45, 7) is 0.857. The van der Waals surface area contributed by atoms with Crippen LogP contribution in [0.15, 0.2) is 79.0 Å². The molecule has 0 bridgehead atoms. The third-order valence-electron chi connectivity index (χ3n) is 4.26. The maximum absolute atomic E-state index is 5.83. The van der Waals surface area contributed by atoms with E-state index in [0.29, 0.717) is 0 Å². The Bertz CT molecular complexity index is 991. The van der Waals surface area contributed by atoms with Crippen molar-refractivity contribution >= 4 is 22.3 Å². The third kappa shape index (κ3) is 3.55. The van der Waals surface area contributed by atoms with Gasteiger partial charge in [0.2, 0.25) is 0 Å². The van der Waals surface area contributed by atoms with Gasteiger partial charge < -0.3 is 20.4 Å². The monoisotopic (exact) mass is 343 g/mol. The van der Waals surface area contributed by atoms with Crippen molar-refractivity contribution in [3.05, 3.63) is 84.6 Å². The average Bonchev–Trinajstić information content (AvgIpc) is 3.07. The van der Waals surface area contributed by atoms with Crippen molar-refractivity contribution in [3.8, 4) is 11.5 Å². The number of benzene rings is 3. The number of anilines is 2. The summed E-state index contributed by atoms with van der Waals surface area (Å²) in [4.78, 5) is 3.34. The molecule has 0 aliphatic carbocycles. The number of hydrogen-bond donors (Lipinski definition) is 3. The molecule has 130 valence electrons. The molecule has 0 aliphatic rings. The molecule has 3 N–H and O–H groups in total. The molecular weight excluding hydrogens is 322 g/mol. The lowest BCUT2D eigenvalue weighted by Crippen LogP contribution is -2.03. The summed E-state index contributed by atoms with van der Waals surface area (Å²) in [6.07, 6.45) is 2.06. The van der Waals surface area contributed by atoms with E-state index in [1.807, 2.05) is 61.6 Å². The van der Waals surface area contributed by atoms with E-state index >= 15 is 0 Å². The zero-order chi connectivity index (χ0) is 17.8. The maximum atomic E-state index is 5.83. The summed E-state index contributed by atoms with van der Waals surface area (Å²) in [6, 6.07) is 24.1. The van der Waals surface area contributed by atoms with Crippen LogP contribution in [0.2, 0.25) is 0 Å². The van der Waals surface area contributed by atoms with Gasteiger partial charge in [-0.15, -0.1) is 0 Å². The fraction of sp³-hybridized carbons (Fsp3) is 0.0909. The standard InChI is InChI=1S/C22H21N3O/c1-23-14-16-15-24-22-13-18(9-12-21(16)22)25-17-7-10-20(11-8-17)26-19-5-3-2-4-6-19/h2-13,15,23-25H,14H2,1H3. The van der Waals surface area contributed by atoms with Gasteiger partial charge in [0, 0.05) is 35.0 Å². The minimum absolute atomic E-state index is 0.818. The average molecular weight is 343 g/mol. The number of nitrogens with one attached hydrogen (secondary N) is 3. The van der Waals surface area contributed by atoms with Crippen molar-refractivity contribution in [3.63, 3.8) is 0 Å². The fourth-order valence-electron chi connectivity index (χ4n) is 3.00. The first kappa shape index (κ1) is 16.2. The summed E-state index contributed by atoms with van der Waals surface area (Å²) in [5, 5.41) is 7.88. The molecule has 4 rings (SSSR count). The molecule has 4 nitrogen and oxygen atoms in total. The molecule has 0 fully saturated rings. The zero-order valence-electron chi connectivity index (χ0n) is 14.6. The summed E-state index contributed by atoms with van der Waals surface area (Å²) in [5.41, 5.74) is 4.47. The summed E-state index contributed by atoms with van der Waals surface area (Å²) >= 11 is 0. The Balaban J connectivity index is 1.47. The van der Waals surface area contributed by atoms with Gasteiger partial charge in [-0.3, -0.25) is 0 Å². The molecule has 0 atom stereocenters. The molecule has 0 amide bonds. The van der Waals surface area contributed by atoms with Gasteiger partial charge in [-0.2, -0.15) is 0 Å². The maximum Gasteiger partial charge on any atom is 0.127 e. The lowest BCUT2D eigenvalue weighted by molar-refractivity contribution is 0.483. The molecule has 0 aliphatic heterocycles. The minimum atomic E-state index is 0.818. The Hall–Kier alpha value is -3.24. The lowest BCUT2D eigenvalue weighted by Gasteiger charge is -2.09. The Morgan fingerprint density at radius 2 is 1.58 bits per heavy atom. The molecular formula is C22H21N3O. The van der Waals surface area contributed by atoms with Gasteiger partial charge in [0.25, 0.3) is 0 Å². The van der Waals surface area contributed by atoms with E-state index in [2.05, 4.69) is 40.0 Å². The minimum Gasteiger partial charge on any atom is -0.457 e. The van der Waals surface area contributed by atoms with Crippen LogP contribution in [-0.2, 0) is 6.54 Å². The van der Waals surface area contributed by atoms with E-state index in [9.17, 15) is 0 Å². The quantitative estimate of drug-likeness (QED) is 0.438. The highest BCUT2D eigenvalue weighted by molar-refractivity contribution is 5.87. The van der Waals surface area contributed by atoms with E-state index < -0.39 is 0 Å². The Kier molecular flexibility index (Phi) is 4.58. The second-order valence-corrected chi connectivity index (χ2v) is 6.17. The van der Waals surface area contributed by atoms with Crippen molar-refractivity contribution in [1.29, 1.82) is 0 Å². The van der Waals surface area contributed by atoms with E-state index in [4.69, 9.17) is 4.74 Å². The highest BCUT2D eigenvalue weighted by Crippen LogP contribution is 2.27. The van der Waals surface area contributed by atoms with Gasteiger partial charge in [-0.25, -0.2) is 0 Å². The largest absolute Gasteiger partial charge is 0.457 e. The van der Waals surface area contributed by atoms with Crippen LogP contribution in [0.25, 0.3) is 10.9 Å². The van der Waals surface area contributed by atoms with Gasteiger partial charge in [0.05, 0.1) is 0 Å². The van der Waals surface area contributed by atoms with E-state index in [1.165, 1.54) is 10.9 Å². The van der Waals surface area contributed by atoms with Crippen LogP contribution in [-0.4, -0.2) is 12.0 Å². The Labute approximate surface area is 152 Å². The highest BCUT2D eigenvalue weighted by atomic mass is 16.5. The number of ether oxygens (including phenoxy) is 1. The van der Waals surface area contributed by atoms with Crippen molar-refractivity contribution < 1.29 is 4.74 Å². The fourth-order valence-corrected chi connectivity index (χ4v) is 3.00.